The van der Waals surface area contributed by atoms with Crippen LogP contribution in [0.4, 0.5) is 0 Å². The fraction of sp³-hybridized carbons (Fsp3) is 1.00. The Labute approximate surface area is 105 Å². The Bertz CT molecular complexity index is 24.7. The predicted molar refractivity (Wildman–Crippen MR) is 27.9 cm³/mol. The number of ether oxygens (including phenoxy) is 1. The Hall–Kier alpha value is 1.92. The molecule has 1 nitrogen and oxygen atoms in total. The van der Waals surface area contributed by atoms with E-state index in [-0.39, 0.29) is 73.5 Å². The molecule has 0 aliphatic carbocycles. The molecular formula is C4H10Cl4OSn. The van der Waals surface area contributed by atoms with Crippen LogP contribution in [0.5, 0.6) is 0 Å². The van der Waals surface area contributed by atoms with Crippen molar-refractivity contribution in [3.05, 3.63) is 0 Å². The van der Waals surface area contributed by atoms with Crippen LogP contribution in [-0.4, -0.2) is 37.1 Å². The summed E-state index contributed by atoms with van der Waals surface area (Å²) in [4.78, 5) is 0. The first-order valence-corrected chi connectivity index (χ1v) is 1.99. The minimum absolute atomic E-state index is 0. The normalized spacial score (nSPS) is 4.20. The summed E-state index contributed by atoms with van der Waals surface area (Å²) in [5.74, 6) is 0. The summed E-state index contributed by atoms with van der Waals surface area (Å²) in [6.45, 7) is 5.67. The first-order valence-electron chi connectivity index (χ1n) is 1.99. The van der Waals surface area contributed by atoms with Gasteiger partial charge in [-0.25, -0.2) is 0 Å². The van der Waals surface area contributed by atoms with Crippen molar-refractivity contribution >= 4 is 23.9 Å². The maximum Gasteiger partial charge on any atom is 4.00 e. The zero-order valence-corrected chi connectivity index (χ0v) is 11.7. The standard InChI is InChI=1S/C4H10O.4ClH.Sn/c1-3-5-4-2;;;;;/h3-4H2,1-2H3;4*1H;/q;;;;;+4/p-4. The molecule has 0 aliphatic heterocycles. The van der Waals surface area contributed by atoms with E-state index in [9.17, 15) is 0 Å². The van der Waals surface area contributed by atoms with Crippen LogP contribution in [0.2, 0.25) is 0 Å². The molecule has 0 spiro atoms. The summed E-state index contributed by atoms with van der Waals surface area (Å²) >= 11 is 0. The molecule has 0 amide bonds. The summed E-state index contributed by atoms with van der Waals surface area (Å²) in [5.41, 5.74) is 0. The van der Waals surface area contributed by atoms with Gasteiger partial charge in [-0.05, 0) is 13.8 Å². The number of rotatable bonds is 2. The third kappa shape index (κ3) is 51.4. The maximum atomic E-state index is 4.83. The maximum absolute atomic E-state index is 4.83. The zero-order chi connectivity index (χ0) is 4.12. The van der Waals surface area contributed by atoms with E-state index in [0.29, 0.717) is 0 Å². The van der Waals surface area contributed by atoms with Crippen LogP contribution in [0.1, 0.15) is 13.8 Å². The topological polar surface area (TPSA) is 9.23 Å². The molecule has 0 fully saturated rings. The van der Waals surface area contributed by atoms with Gasteiger partial charge in [0.1, 0.15) is 0 Å². The molecule has 0 atom stereocenters. The van der Waals surface area contributed by atoms with Gasteiger partial charge in [-0.2, -0.15) is 0 Å². The smallest absolute Gasteiger partial charge is 1.00 e. The average Bonchev–Trinajstić information content (AvgIpc) is 1.41. The van der Waals surface area contributed by atoms with Crippen molar-refractivity contribution in [3.8, 4) is 0 Å². The molecule has 0 aromatic rings. The van der Waals surface area contributed by atoms with E-state index in [2.05, 4.69) is 0 Å². The number of halogens is 4. The monoisotopic (exact) mass is 334 g/mol. The van der Waals surface area contributed by atoms with Crippen LogP contribution >= 0.6 is 0 Å². The van der Waals surface area contributed by atoms with Crippen molar-refractivity contribution in [2.45, 2.75) is 13.8 Å². The Morgan fingerprint density at radius 1 is 0.800 bits per heavy atom. The number of hydrogen-bond donors (Lipinski definition) is 0. The van der Waals surface area contributed by atoms with Gasteiger partial charge in [0.25, 0.3) is 0 Å². The van der Waals surface area contributed by atoms with Gasteiger partial charge < -0.3 is 54.4 Å². The van der Waals surface area contributed by atoms with Crippen molar-refractivity contribution < 1.29 is 54.4 Å². The second kappa shape index (κ2) is 44.4. The molecule has 0 aromatic carbocycles. The van der Waals surface area contributed by atoms with E-state index in [1.54, 1.807) is 0 Å². The van der Waals surface area contributed by atoms with Gasteiger partial charge in [0.15, 0.2) is 0 Å². The van der Waals surface area contributed by atoms with Crippen LogP contribution in [0, 0.1) is 0 Å². The SMILES string of the molecule is CCOCC.[Cl-].[Cl-].[Cl-].[Cl-].[Sn+4]. The van der Waals surface area contributed by atoms with Gasteiger partial charge in [-0.3, -0.25) is 0 Å². The largest absolute Gasteiger partial charge is 4.00 e. The van der Waals surface area contributed by atoms with Gasteiger partial charge in [-0.1, -0.05) is 0 Å². The Morgan fingerprint density at radius 2 is 1.00 bits per heavy atom. The fourth-order valence-corrected chi connectivity index (χ4v) is 0.204. The molecule has 64 valence electrons. The van der Waals surface area contributed by atoms with Crippen LogP contribution in [0.3, 0.4) is 0 Å². The predicted octanol–water partition coefficient (Wildman–Crippen LogP) is -11.3. The summed E-state index contributed by atoms with van der Waals surface area (Å²) in [7, 11) is 0. The summed E-state index contributed by atoms with van der Waals surface area (Å²) in [6.07, 6.45) is 0. The molecule has 10 heavy (non-hydrogen) atoms. The van der Waals surface area contributed by atoms with Gasteiger partial charge in [-0.15, -0.1) is 0 Å². The fourth-order valence-electron chi connectivity index (χ4n) is 0.204. The molecule has 0 heterocycles. The molecular weight excluding hydrogens is 325 g/mol. The first kappa shape index (κ1) is 40.6. The quantitative estimate of drug-likeness (QED) is 0.456. The molecule has 0 saturated heterocycles. The summed E-state index contributed by atoms with van der Waals surface area (Å²) in [5, 5.41) is 0. The van der Waals surface area contributed by atoms with Crippen molar-refractivity contribution in [2.24, 2.45) is 0 Å². The second-order valence-electron chi connectivity index (χ2n) is 0.781. The van der Waals surface area contributed by atoms with E-state index in [0.717, 1.165) is 13.2 Å². The molecule has 0 unspecified atom stereocenters. The van der Waals surface area contributed by atoms with Crippen molar-refractivity contribution in [3.63, 3.8) is 0 Å². The van der Waals surface area contributed by atoms with Crippen LogP contribution in [0.25, 0.3) is 0 Å². The Morgan fingerprint density at radius 3 is 1.00 bits per heavy atom. The van der Waals surface area contributed by atoms with E-state index in [4.69, 9.17) is 4.74 Å². The van der Waals surface area contributed by atoms with Gasteiger partial charge >= 0.3 is 23.9 Å². The Balaban J connectivity index is -0.00000000800. The van der Waals surface area contributed by atoms with Gasteiger partial charge in [0, 0.05) is 13.2 Å². The van der Waals surface area contributed by atoms with Gasteiger partial charge in [0.2, 0.25) is 0 Å². The molecule has 0 aliphatic rings. The third-order valence-corrected chi connectivity index (χ3v) is 0.408. The van der Waals surface area contributed by atoms with E-state index in [1.807, 2.05) is 13.8 Å². The van der Waals surface area contributed by atoms with E-state index in [1.165, 1.54) is 0 Å². The van der Waals surface area contributed by atoms with Crippen molar-refractivity contribution in [1.29, 1.82) is 0 Å². The Kier molecular flexibility index (Phi) is 180. The van der Waals surface area contributed by atoms with Crippen molar-refractivity contribution in [1.82, 2.24) is 0 Å². The molecule has 6 heteroatoms. The second-order valence-corrected chi connectivity index (χ2v) is 0.781. The zero-order valence-electron chi connectivity index (χ0n) is 5.83. The van der Waals surface area contributed by atoms with Crippen LogP contribution < -0.4 is 49.6 Å². The molecule has 0 aromatic heterocycles. The average molecular weight is 335 g/mol. The van der Waals surface area contributed by atoms with E-state index >= 15 is 0 Å². The minimum atomic E-state index is 0. The molecule has 0 bridgehead atoms. The third-order valence-electron chi connectivity index (χ3n) is 0.408. The van der Waals surface area contributed by atoms with Crippen LogP contribution in [-0.2, 0) is 4.74 Å². The molecule has 0 saturated carbocycles. The first-order chi connectivity index (χ1) is 2.41. The molecule has 0 rings (SSSR count). The summed E-state index contributed by atoms with van der Waals surface area (Å²) < 4.78 is 4.83. The molecule has 0 N–H and O–H groups in total. The summed E-state index contributed by atoms with van der Waals surface area (Å²) in [6, 6.07) is 0. The number of hydrogen-bond acceptors (Lipinski definition) is 1. The van der Waals surface area contributed by atoms with E-state index < -0.39 is 0 Å². The minimum Gasteiger partial charge on any atom is -1.00 e. The van der Waals surface area contributed by atoms with Crippen molar-refractivity contribution in [2.75, 3.05) is 13.2 Å². The van der Waals surface area contributed by atoms with Crippen LogP contribution in [0.15, 0.2) is 0 Å². The molecule has 0 radical (unpaired) electrons. The van der Waals surface area contributed by atoms with Gasteiger partial charge in [0.05, 0.1) is 0 Å².